The number of nitrogens with zero attached hydrogens (tertiary/aromatic N) is 2. The van der Waals surface area contributed by atoms with Crippen LogP contribution in [0, 0.1) is 0 Å². The van der Waals surface area contributed by atoms with Crippen LogP contribution >= 0.6 is 0 Å². The van der Waals surface area contributed by atoms with Crippen molar-refractivity contribution in [3.8, 4) is 11.5 Å². The minimum Gasteiger partial charge on any atom is -0.444 e. The molecular formula is C14H15N3O. The van der Waals surface area contributed by atoms with Crippen molar-refractivity contribution in [3.63, 3.8) is 0 Å². The van der Waals surface area contributed by atoms with Gasteiger partial charge in [-0.3, -0.25) is 0 Å². The van der Waals surface area contributed by atoms with Crippen LogP contribution in [0.1, 0.15) is 5.69 Å². The van der Waals surface area contributed by atoms with Crippen molar-refractivity contribution < 1.29 is 4.42 Å². The first-order chi connectivity index (χ1) is 8.79. The predicted molar refractivity (Wildman–Crippen MR) is 71.2 cm³/mol. The number of fused-ring (bicyclic) bond motifs is 1. The smallest absolute Gasteiger partial charge is 0.228 e. The predicted octanol–water partition coefficient (Wildman–Crippen LogP) is 2.33. The Labute approximate surface area is 105 Å². The first-order valence-electron chi connectivity index (χ1n) is 5.98. The maximum absolute atomic E-state index is 5.54. The zero-order chi connectivity index (χ0) is 12.5. The zero-order valence-corrected chi connectivity index (χ0v) is 10.3. The highest BCUT2D eigenvalue weighted by Gasteiger charge is 2.12. The molecule has 92 valence electrons. The van der Waals surface area contributed by atoms with E-state index in [4.69, 9.17) is 10.2 Å². The lowest BCUT2D eigenvalue weighted by Crippen LogP contribution is -2.02. The second-order valence-corrected chi connectivity index (χ2v) is 4.35. The number of para-hydroxylation sites is 1. The maximum Gasteiger partial charge on any atom is 0.228 e. The normalized spacial score (nSPS) is 11.2. The standard InChI is InChI=1S/C14H15N3O/c1-17-8-12(11-4-2-3-5-13(11)17)14-16-10(6-7-15)9-18-14/h2-5,8-9H,6-7,15H2,1H3. The van der Waals surface area contributed by atoms with E-state index in [0.717, 1.165) is 23.1 Å². The Morgan fingerprint density at radius 1 is 1.33 bits per heavy atom. The van der Waals surface area contributed by atoms with Crippen LogP contribution in [0.2, 0.25) is 0 Å². The van der Waals surface area contributed by atoms with Crippen LogP contribution in [0.25, 0.3) is 22.4 Å². The van der Waals surface area contributed by atoms with Crippen molar-refractivity contribution in [1.29, 1.82) is 0 Å². The average molecular weight is 241 g/mol. The summed E-state index contributed by atoms with van der Waals surface area (Å²) < 4.78 is 7.63. The number of hydrogen-bond donors (Lipinski definition) is 1. The van der Waals surface area contributed by atoms with Gasteiger partial charge in [-0.2, -0.15) is 0 Å². The Hall–Kier alpha value is -2.07. The van der Waals surface area contributed by atoms with Gasteiger partial charge < -0.3 is 14.7 Å². The molecule has 0 unspecified atom stereocenters. The highest BCUT2D eigenvalue weighted by Crippen LogP contribution is 2.29. The highest BCUT2D eigenvalue weighted by molar-refractivity contribution is 5.93. The van der Waals surface area contributed by atoms with Crippen molar-refractivity contribution in [2.24, 2.45) is 12.8 Å². The van der Waals surface area contributed by atoms with Gasteiger partial charge in [-0.15, -0.1) is 0 Å². The van der Waals surface area contributed by atoms with Gasteiger partial charge in [0.1, 0.15) is 6.26 Å². The molecule has 2 heterocycles. The third-order valence-electron chi connectivity index (χ3n) is 3.08. The minimum absolute atomic E-state index is 0.585. The Kier molecular flexibility index (Phi) is 2.64. The molecule has 0 atom stereocenters. The number of aromatic nitrogens is 2. The van der Waals surface area contributed by atoms with Crippen LogP contribution in [-0.4, -0.2) is 16.1 Å². The summed E-state index contributed by atoms with van der Waals surface area (Å²) in [5.74, 6) is 0.662. The van der Waals surface area contributed by atoms with Crippen molar-refractivity contribution in [2.45, 2.75) is 6.42 Å². The van der Waals surface area contributed by atoms with Gasteiger partial charge in [-0.25, -0.2) is 4.98 Å². The van der Waals surface area contributed by atoms with E-state index in [0.29, 0.717) is 12.4 Å². The van der Waals surface area contributed by atoms with Crippen LogP contribution in [-0.2, 0) is 13.5 Å². The second-order valence-electron chi connectivity index (χ2n) is 4.35. The van der Waals surface area contributed by atoms with E-state index in [1.165, 1.54) is 5.52 Å². The quantitative estimate of drug-likeness (QED) is 0.765. The van der Waals surface area contributed by atoms with Gasteiger partial charge >= 0.3 is 0 Å². The molecule has 1 aromatic carbocycles. The lowest BCUT2D eigenvalue weighted by molar-refractivity contribution is 0.573. The van der Waals surface area contributed by atoms with E-state index in [1.807, 2.05) is 25.4 Å². The van der Waals surface area contributed by atoms with Gasteiger partial charge in [0.2, 0.25) is 5.89 Å². The number of hydrogen-bond acceptors (Lipinski definition) is 3. The maximum atomic E-state index is 5.54. The van der Waals surface area contributed by atoms with E-state index in [1.54, 1.807) is 6.26 Å². The number of oxazole rings is 1. The molecule has 18 heavy (non-hydrogen) atoms. The lowest BCUT2D eigenvalue weighted by atomic mass is 10.2. The van der Waals surface area contributed by atoms with E-state index < -0.39 is 0 Å². The van der Waals surface area contributed by atoms with Crippen LogP contribution in [0.15, 0.2) is 41.1 Å². The largest absolute Gasteiger partial charge is 0.444 e. The number of benzene rings is 1. The van der Waals surface area contributed by atoms with E-state index in [2.05, 4.69) is 21.7 Å². The van der Waals surface area contributed by atoms with Crippen molar-refractivity contribution in [1.82, 2.24) is 9.55 Å². The number of rotatable bonds is 3. The summed E-state index contributed by atoms with van der Waals surface area (Å²) in [6.07, 6.45) is 4.47. The molecule has 0 saturated heterocycles. The fraction of sp³-hybridized carbons (Fsp3) is 0.214. The molecule has 2 aromatic heterocycles. The molecule has 4 nitrogen and oxygen atoms in total. The van der Waals surface area contributed by atoms with Gasteiger partial charge in [-0.05, 0) is 12.6 Å². The van der Waals surface area contributed by atoms with E-state index in [9.17, 15) is 0 Å². The van der Waals surface area contributed by atoms with Crippen molar-refractivity contribution in [2.75, 3.05) is 6.54 Å². The monoisotopic (exact) mass is 241 g/mol. The lowest BCUT2D eigenvalue weighted by Gasteiger charge is -1.93. The third-order valence-corrected chi connectivity index (χ3v) is 3.08. The summed E-state index contributed by atoms with van der Waals surface area (Å²) in [6.45, 7) is 0.585. The number of aryl methyl sites for hydroxylation is 1. The molecule has 0 radical (unpaired) electrons. The first-order valence-corrected chi connectivity index (χ1v) is 5.98. The van der Waals surface area contributed by atoms with Gasteiger partial charge in [-0.1, -0.05) is 18.2 Å². The van der Waals surface area contributed by atoms with Crippen LogP contribution < -0.4 is 5.73 Å². The summed E-state index contributed by atoms with van der Waals surface area (Å²) in [7, 11) is 2.02. The zero-order valence-electron chi connectivity index (χ0n) is 10.3. The summed E-state index contributed by atoms with van der Waals surface area (Å²) in [6, 6.07) is 8.22. The second kappa shape index (κ2) is 4.31. The summed E-state index contributed by atoms with van der Waals surface area (Å²) in [5, 5.41) is 1.15. The minimum atomic E-state index is 0.585. The molecule has 0 saturated carbocycles. The Bertz CT molecular complexity index is 681. The highest BCUT2D eigenvalue weighted by atomic mass is 16.3. The Balaban J connectivity index is 2.13. The molecule has 0 aliphatic rings. The molecule has 0 fully saturated rings. The Morgan fingerprint density at radius 3 is 3.00 bits per heavy atom. The van der Waals surface area contributed by atoms with Gasteiger partial charge in [0, 0.05) is 30.6 Å². The summed E-state index contributed by atoms with van der Waals surface area (Å²) >= 11 is 0. The molecule has 0 bridgehead atoms. The van der Waals surface area contributed by atoms with Crippen molar-refractivity contribution in [3.05, 3.63) is 42.4 Å². The SMILES string of the molecule is Cn1cc(-c2nc(CCN)co2)c2ccccc21. The van der Waals surface area contributed by atoms with E-state index >= 15 is 0 Å². The van der Waals surface area contributed by atoms with Gasteiger partial charge in [0.25, 0.3) is 0 Å². The van der Waals surface area contributed by atoms with Crippen LogP contribution in [0.4, 0.5) is 0 Å². The van der Waals surface area contributed by atoms with Gasteiger partial charge in [0.15, 0.2) is 0 Å². The summed E-state index contributed by atoms with van der Waals surface area (Å²) in [4.78, 5) is 4.47. The molecule has 2 N–H and O–H groups in total. The van der Waals surface area contributed by atoms with Crippen LogP contribution in [0.3, 0.4) is 0 Å². The van der Waals surface area contributed by atoms with Crippen molar-refractivity contribution >= 4 is 10.9 Å². The molecule has 3 rings (SSSR count). The molecule has 0 aliphatic carbocycles. The molecule has 3 aromatic rings. The van der Waals surface area contributed by atoms with Gasteiger partial charge in [0.05, 0.1) is 11.3 Å². The summed E-state index contributed by atoms with van der Waals surface area (Å²) in [5.41, 5.74) is 8.62. The molecular weight excluding hydrogens is 226 g/mol. The van der Waals surface area contributed by atoms with Crippen LogP contribution in [0.5, 0.6) is 0 Å². The van der Waals surface area contributed by atoms with E-state index in [-0.39, 0.29) is 0 Å². The molecule has 0 amide bonds. The fourth-order valence-corrected chi connectivity index (χ4v) is 2.21. The fourth-order valence-electron chi connectivity index (χ4n) is 2.21. The Morgan fingerprint density at radius 2 is 2.17 bits per heavy atom. The topological polar surface area (TPSA) is 57.0 Å². The third kappa shape index (κ3) is 1.71. The molecule has 4 heteroatoms. The molecule has 0 aliphatic heterocycles. The first kappa shape index (κ1) is 11.0. The number of nitrogens with two attached hydrogens (primary N) is 1. The average Bonchev–Trinajstić information content (AvgIpc) is 2.96. The molecule has 0 spiro atoms.